The number of halogens is 1. The van der Waals surface area contributed by atoms with E-state index in [1.165, 1.54) is 17.7 Å². The smallest absolute Gasteiger partial charge is 0.317 e. The quantitative estimate of drug-likeness (QED) is 0.549. The molecule has 36 heavy (non-hydrogen) atoms. The van der Waals surface area contributed by atoms with Crippen LogP contribution in [0.1, 0.15) is 29.9 Å². The zero-order valence-corrected chi connectivity index (χ0v) is 21.0. The van der Waals surface area contributed by atoms with Gasteiger partial charge in [0.1, 0.15) is 5.82 Å². The third-order valence-corrected chi connectivity index (χ3v) is 7.52. The second kappa shape index (κ2) is 10.3. The number of hydrogen-bond acceptors (Lipinski definition) is 3. The van der Waals surface area contributed by atoms with Crippen LogP contribution in [0.25, 0.3) is 16.6 Å². The minimum absolute atomic E-state index is 0.0436. The van der Waals surface area contributed by atoms with Crippen LogP contribution in [-0.4, -0.2) is 84.6 Å². The summed E-state index contributed by atoms with van der Waals surface area (Å²) in [5.74, 6) is 0.230. The van der Waals surface area contributed by atoms with Gasteiger partial charge in [0.2, 0.25) is 5.91 Å². The number of nitrogens with zero attached hydrogens (tertiary/aromatic N) is 4. The maximum atomic E-state index is 13.6. The minimum atomic E-state index is -0.251. The lowest BCUT2D eigenvalue weighted by Gasteiger charge is -2.32. The summed E-state index contributed by atoms with van der Waals surface area (Å²) in [6.07, 6.45) is 4.64. The predicted octanol–water partition coefficient (Wildman–Crippen LogP) is 3.60. The first-order valence-electron chi connectivity index (χ1n) is 12.7. The first-order chi connectivity index (χ1) is 17.4. The van der Waals surface area contributed by atoms with E-state index in [9.17, 15) is 14.0 Å². The van der Waals surface area contributed by atoms with Crippen molar-refractivity contribution in [2.24, 2.45) is 0 Å². The van der Waals surface area contributed by atoms with Crippen molar-refractivity contribution in [3.8, 4) is 5.69 Å². The van der Waals surface area contributed by atoms with Crippen LogP contribution >= 0.6 is 0 Å². The molecule has 0 aliphatic carbocycles. The minimum Gasteiger partial charge on any atom is -0.349 e. The van der Waals surface area contributed by atoms with Crippen molar-refractivity contribution in [1.29, 1.82) is 0 Å². The molecule has 1 N–H and O–H groups in total. The Morgan fingerprint density at radius 1 is 1.06 bits per heavy atom. The molecule has 5 rings (SSSR count). The summed E-state index contributed by atoms with van der Waals surface area (Å²) < 4.78 is 15.7. The first kappa shape index (κ1) is 24.3. The molecule has 8 heteroatoms. The van der Waals surface area contributed by atoms with Gasteiger partial charge in [0, 0.05) is 57.5 Å². The fourth-order valence-corrected chi connectivity index (χ4v) is 5.34. The summed E-state index contributed by atoms with van der Waals surface area (Å²) in [6, 6.07) is 12.9. The molecule has 2 fully saturated rings. The Bertz CT molecular complexity index is 1240. The van der Waals surface area contributed by atoms with E-state index < -0.39 is 0 Å². The van der Waals surface area contributed by atoms with Crippen molar-refractivity contribution in [2.45, 2.75) is 25.2 Å². The largest absolute Gasteiger partial charge is 0.349 e. The lowest BCUT2D eigenvalue weighted by atomic mass is 9.88. The summed E-state index contributed by atoms with van der Waals surface area (Å²) >= 11 is 0. The summed E-state index contributed by atoms with van der Waals surface area (Å²) in [5.41, 5.74) is 4.28. The van der Waals surface area contributed by atoms with Crippen LogP contribution in [0.2, 0.25) is 0 Å². The van der Waals surface area contributed by atoms with E-state index in [2.05, 4.69) is 33.1 Å². The number of likely N-dealkylation sites (N-methyl/N-ethyl adjacent to an activating group) is 1. The van der Waals surface area contributed by atoms with E-state index in [4.69, 9.17) is 0 Å². The van der Waals surface area contributed by atoms with Crippen LogP contribution in [0, 0.1) is 5.82 Å². The number of fused-ring (bicyclic) bond motifs is 1. The second-order valence-corrected chi connectivity index (χ2v) is 10.1. The fourth-order valence-electron chi connectivity index (χ4n) is 5.34. The van der Waals surface area contributed by atoms with Gasteiger partial charge in [-0.2, -0.15) is 0 Å². The van der Waals surface area contributed by atoms with Crippen molar-refractivity contribution in [1.82, 2.24) is 24.6 Å². The number of benzene rings is 2. The Kier molecular flexibility index (Phi) is 6.96. The monoisotopic (exact) mass is 491 g/mol. The third kappa shape index (κ3) is 5.09. The van der Waals surface area contributed by atoms with Gasteiger partial charge in [-0.15, -0.1) is 0 Å². The molecule has 0 atom stereocenters. The SMILES string of the molecule is CN(C)C(=O)Cc1ccc2c(c1)c(C1CCN(CCN3CCNC3=O)CC1)cn2-c1ccc(F)cc1. The highest BCUT2D eigenvalue weighted by Gasteiger charge is 2.26. The highest BCUT2D eigenvalue weighted by atomic mass is 19.1. The van der Waals surface area contributed by atoms with Gasteiger partial charge in [-0.1, -0.05) is 6.07 Å². The van der Waals surface area contributed by atoms with Gasteiger partial charge in [-0.3, -0.25) is 4.79 Å². The van der Waals surface area contributed by atoms with Gasteiger partial charge >= 0.3 is 6.03 Å². The average Bonchev–Trinajstić information content (AvgIpc) is 3.46. The van der Waals surface area contributed by atoms with Crippen molar-refractivity contribution >= 4 is 22.8 Å². The number of rotatable bonds is 7. The Balaban J connectivity index is 1.38. The van der Waals surface area contributed by atoms with Crippen molar-refractivity contribution < 1.29 is 14.0 Å². The predicted molar refractivity (Wildman–Crippen MR) is 139 cm³/mol. The molecule has 0 radical (unpaired) electrons. The number of nitrogens with one attached hydrogen (secondary N) is 1. The number of aromatic nitrogens is 1. The van der Waals surface area contributed by atoms with Crippen LogP contribution in [0.4, 0.5) is 9.18 Å². The number of urea groups is 1. The van der Waals surface area contributed by atoms with Crippen LogP contribution in [0.15, 0.2) is 48.7 Å². The second-order valence-electron chi connectivity index (χ2n) is 10.1. The van der Waals surface area contributed by atoms with E-state index in [1.54, 1.807) is 31.1 Å². The summed E-state index contributed by atoms with van der Waals surface area (Å²) in [6.45, 7) is 5.17. The lowest BCUT2D eigenvalue weighted by molar-refractivity contribution is -0.127. The molecular formula is C28H34FN5O2. The van der Waals surface area contributed by atoms with Gasteiger partial charge in [-0.25, -0.2) is 9.18 Å². The molecule has 0 saturated carbocycles. The van der Waals surface area contributed by atoms with Crippen molar-refractivity contribution in [3.05, 3.63) is 65.6 Å². The summed E-state index contributed by atoms with van der Waals surface area (Å²) in [4.78, 5) is 30.1. The van der Waals surface area contributed by atoms with E-state index in [1.807, 2.05) is 11.0 Å². The molecule has 2 aromatic carbocycles. The molecule has 1 aromatic heterocycles. The Hall–Kier alpha value is -3.39. The van der Waals surface area contributed by atoms with Gasteiger partial charge < -0.3 is 24.6 Å². The van der Waals surface area contributed by atoms with E-state index in [0.717, 1.165) is 74.3 Å². The molecule has 3 amide bonds. The van der Waals surface area contributed by atoms with Crippen molar-refractivity contribution in [3.63, 3.8) is 0 Å². The Labute approximate surface area is 211 Å². The number of carbonyl (C=O) groups is 2. The normalized spacial score (nSPS) is 17.1. The summed E-state index contributed by atoms with van der Waals surface area (Å²) in [5, 5.41) is 4.03. The van der Waals surface area contributed by atoms with E-state index in [0.29, 0.717) is 12.3 Å². The summed E-state index contributed by atoms with van der Waals surface area (Å²) in [7, 11) is 3.56. The highest BCUT2D eigenvalue weighted by Crippen LogP contribution is 2.36. The molecule has 2 aliphatic heterocycles. The van der Waals surface area contributed by atoms with Gasteiger partial charge in [-0.05, 0) is 79.4 Å². The Morgan fingerprint density at radius 3 is 2.47 bits per heavy atom. The van der Waals surface area contributed by atoms with Crippen LogP contribution < -0.4 is 5.32 Å². The van der Waals surface area contributed by atoms with E-state index >= 15 is 0 Å². The van der Waals surface area contributed by atoms with Crippen LogP contribution in [0.3, 0.4) is 0 Å². The zero-order chi connectivity index (χ0) is 25.2. The van der Waals surface area contributed by atoms with Crippen molar-refractivity contribution in [2.75, 3.05) is 53.4 Å². The molecule has 0 spiro atoms. The fraction of sp³-hybridized carbons (Fsp3) is 0.429. The van der Waals surface area contributed by atoms with Gasteiger partial charge in [0.25, 0.3) is 0 Å². The topological polar surface area (TPSA) is 60.8 Å². The molecule has 2 aliphatic rings. The number of carbonyl (C=O) groups excluding carboxylic acids is 2. The molecule has 3 heterocycles. The molecule has 3 aromatic rings. The lowest BCUT2D eigenvalue weighted by Crippen LogP contribution is -2.40. The Morgan fingerprint density at radius 2 is 1.81 bits per heavy atom. The molecule has 190 valence electrons. The number of hydrogen-bond donors (Lipinski definition) is 1. The standard InChI is InChI=1S/C28H34FN5O2/c1-31(2)27(35)18-20-3-8-26-24(17-20)25(19-34(26)23-6-4-22(29)5-7-23)21-9-12-32(13-10-21)15-16-33-14-11-30-28(33)36/h3-8,17,19,21H,9-16,18H2,1-2H3,(H,30,36). The zero-order valence-electron chi connectivity index (χ0n) is 21.0. The first-order valence-corrected chi connectivity index (χ1v) is 12.7. The molecule has 0 unspecified atom stereocenters. The van der Waals surface area contributed by atoms with Gasteiger partial charge in [0.15, 0.2) is 0 Å². The number of amides is 3. The maximum Gasteiger partial charge on any atom is 0.317 e. The van der Waals surface area contributed by atoms with Crippen LogP contribution in [-0.2, 0) is 11.2 Å². The molecule has 0 bridgehead atoms. The number of piperidine rings is 1. The number of likely N-dealkylation sites (tertiary alicyclic amines) is 1. The third-order valence-electron chi connectivity index (χ3n) is 7.52. The molecule has 7 nitrogen and oxygen atoms in total. The van der Waals surface area contributed by atoms with E-state index in [-0.39, 0.29) is 17.8 Å². The highest BCUT2D eigenvalue weighted by molar-refractivity contribution is 5.88. The van der Waals surface area contributed by atoms with Crippen LogP contribution in [0.5, 0.6) is 0 Å². The average molecular weight is 492 g/mol. The van der Waals surface area contributed by atoms with Gasteiger partial charge in [0.05, 0.1) is 11.9 Å². The molecular weight excluding hydrogens is 457 g/mol. The molecule has 2 saturated heterocycles. The maximum absolute atomic E-state index is 13.6.